The molecule has 0 aromatic heterocycles. The van der Waals surface area contributed by atoms with E-state index in [9.17, 15) is 19.5 Å². The lowest BCUT2D eigenvalue weighted by molar-refractivity contribution is -0.131. The third-order valence-corrected chi connectivity index (χ3v) is 7.21. The van der Waals surface area contributed by atoms with E-state index >= 15 is 0 Å². The summed E-state index contributed by atoms with van der Waals surface area (Å²) in [6.45, 7) is 1.74. The van der Waals surface area contributed by atoms with E-state index in [0.717, 1.165) is 0 Å². The monoisotopic (exact) mass is 483 g/mol. The normalized spacial score (nSPS) is 25.6. The molecule has 1 aliphatic carbocycles. The number of carbonyl (C=O) groups is 3. The predicted octanol–water partition coefficient (Wildman–Crippen LogP) is 3.54. The number of methoxy groups -OCH3 is 2. The first-order chi connectivity index (χ1) is 16.2. The van der Waals surface area contributed by atoms with Crippen molar-refractivity contribution >= 4 is 29.1 Å². The largest absolute Gasteiger partial charge is 0.508 e. The summed E-state index contributed by atoms with van der Waals surface area (Å²) in [5, 5.41) is 12.6. The Bertz CT molecular complexity index is 1280. The number of fused-ring (bicyclic) bond motifs is 1. The van der Waals surface area contributed by atoms with E-state index < -0.39 is 29.0 Å². The van der Waals surface area contributed by atoms with Crippen LogP contribution in [-0.2, 0) is 9.59 Å². The molecule has 8 nitrogen and oxygen atoms in total. The first-order valence-electron chi connectivity index (χ1n) is 10.8. The van der Waals surface area contributed by atoms with Gasteiger partial charge in [-0.3, -0.25) is 14.4 Å². The highest BCUT2D eigenvalue weighted by molar-refractivity contribution is 6.36. The number of aromatic hydroxyl groups is 1. The van der Waals surface area contributed by atoms with Crippen LogP contribution in [0, 0.1) is 5.92 Å². The van der Waals surface area contributed by atoms with Crippen molar-refractivity contribution in [3.8, 4) is 23.0 Å². The number of nitrogens with one attached hydrogen (secondary N) is 1. The van der Waals surface area contributed by atoms with Gasteiger partial charge in [-0.15, -0.1) is 0 Å². The molecule has 2 heterocycles. The van der Waals surface area contributed by atoms with Gasteiger partial charge in [0.2, 0.25) is 23.1 Å². The van der Waals surface area contributed by atoms with Gasteiger partial charge in [0.15, 0.2) is 5.75 Å². The molecular weight excluding hydrogens is 462 g/mol. The van der Waals surface area contributed by atoms with Crippen LogP contribution in [0.3, 0.4) is 0 Å². The maximum atomic E-state index is 14.2. The molecule has 1 amide bonds. The molecule has 0 saturated carbocycles. The number of phenolic OH excluding ortho intramolecular Hbond substituents is 1. The third-order valence-electron chi connectivity index (χ3n) is 6.85. The van der Waals surface area contributed by atoms with Crippen molar-refractivity contribution in [2.75, 3.05) is 14.2 Å². The van der Waals surface area contributed by atoms with Crippen molar-refractivity contribution in [3.63, 3.8) is 0 Å². The van der Waals surface area contributed by atoms with Gasteiger partial charge in [-0.05, 0) is 24.1 Å². The van der Waals surface area contributed by atoms with E-state index in [2.05, 4.69) is 5.32 Å². The van der Waals surface area contributed by atoms with Gasteiger partial charge in [0.05, 0.1) is 14.2 Å². The van der Waals surface area contributed by atoms with Crippen molar-refractivity contribution in [2.45, 2.75) is 31.3 Å². The van der Waals surface area contributed by atoms with Crippen molar-refractivity contribution in [1.82, 2.24) is 5.32 Å². The number of benzene rings is 2. The molecule has 0 bridgehead atoms. The highest BCUT2D eigenvalue weighted by Gasteiger charge is 2.63. The molecule has 3 unspecified atom stereocenters. The lowest BCUT2D eigenvalue weighted by Gasteiger charge is -2.41. The summed E-state index contributed by atoms with van der Waals surface area (Å²) < 4.78 is 16.9. The van der Waals surface area contributed by atoms with Crippen LogP contribution in [0.5, 0.6) is 23.0 Å². The van der Waals surface area contributed by atoms with Gasteiger partial charge in [0.1, 0.15) is 27.8 Å². The third kappa shape index (κ3) is 2.94. The predicted molar refractivity (Wildman–Crippen MR) is 122 cm³/mol. The van der Waals surface area contributed by atoms with E-state index in [1.54, 1.807) is 19.1 Å². The summed E-state index contributed by atoms with van der Waals surface area (Å²) in [5.41, 5.74) is -0.258. The second-order valence-corrected chi connectivity index (χ2v) is 9.07. The molecule has 1 spiro atoms. The molecule has 2 aliphatic heterocycles. The van der Waals surface area contributed by atoms with Crippen molar-refractivity contribution < 1.29 is 33.7 Å². The van der Waals surface area contributed by atoms with Crippen LogP contribution in [0.4, 0.5) is 0 Å². The Balaban J connectivity index is 1.67. The van der Waals surface area contributed by atoms with Gasteiger partial charge in [0.25, 0.3) is 0 Å². The molecule has 9 heteroatoms. The van der Waals surface area contributed by atoms with Crippen LogP contribution in [0.25, 0.3) is 0 Å². The van der Waals surface area contributed by atoms with Gasteiger partial charge in [0, 0.05) is 35.6 Å². The number of rotatable bonds is 3. The summed E-state index contributed by atoms with van der Waals surface area (Å²) in [6, 6.07) is 7.82. The summed E-state index contributed by atoms with van der Waals surface area (Å²) in [5.74, 6) is -1.88. The number of hydrogen-bond acceptors (Lipinski definition) is 7. The minimum atomic E-state index is -1.85. The molecule has 3 atom stereocenters. The van der Waals surface area contributed by atoms with Crippen LogP contribution in [0.2, 0.25) is 5.02 Å². The van der Waals surface area contributed by atoms with E-state index in [1.807, 2.05) is 0 Å². The number of Topliss-reactive ketones (excluding diaryl/α,β-unsaturated/α-hetero) is 2. The molecule has 0 saturated heterocycles. The van der Waals surface area contributed by atoms with Gasteiger partial charge in [-0.25, -0.2) is 0 Å². The number of phenols is 1. The van der Waals surface area contributed by atoms with Crippen LogP contribution in [0.15, 0.2) is 41.6 Å². The number of hydrogen-bond donors (Lipinski definition) is 2. The Morgan fingerprint density at radius 2 is 1.74 bits per heavy atom. The average molecular weight is 484 g/mol. The smallest absolute Gasteiger partial charge is 0.236 e. The lowest BCUT2D eigenvalue weighted by atomic mass is 9.66. The number of carbonyl (C=O) groups excluding carboxylic acids is 3. The fourth-order valence-corrected chi connectivity index (χ4v) is 5.45. The summed E-state index contributed by atoms with van der Waals surface area (Å²) in [7, 11) is 2.84. The van der Waals surface area contributed by atoms with Gasteiger partial charge in [-0.2, -0.15) is 0 Å². The van der Waals surface area contributed by atoms with Crippen LogP contribution < -0.4 is 19.5 Å². The van der Waals surface area contributed by atoms with Crippen LogP contribution in [0.1, 0.15) is 41.6 Å². The van der Waals surface area contributed by atoms with Gasteiger partial charge < -0.3 is 24.6 Å². The van der Waals surface area contributed by atoms with E-state index in [0.29, 0.717) is 16.8 Å². The Kier molecular flexibility index (Phi) is 5.09. The first-order valence-corrected chi connectivity index (χ1v) is 11.2. The molecule has 2 aromatic carbocycles. The highest BCUT2D eigenvalue weighted by atomic mass is 35.5. The molecule has 0 radical (unpaired) electrons. The first kappa shape index (κ1) is 22.3. The lowest BCUT2D eigenvalue weighted by Crippen LogP contribution is -2.59. The fourth-order valence-electron chi connectivity index (χ4n) is 5.18. The molecule has 0 fully saturated rings. The van der Waals surface area contributed by atoms with Crippen molar-refractivity contribution in [3.05, 3.63) is 57.8 Å². The van der Waals surface area contributed by atoms with Crippen molar-refractivity contribution in [2.24, 2.45) is 5.92 Å². The number of allylic oxidation sites excluding steroid dienone is 1. The van der Waals surface area contributed by atoms with E-state index in [-0.39, 0.29) is 52.3 Å². The van der Waals surface area contributed by atoms with Crippen LogP contribution in [-0.4, -0.2) is 42.4 Å². The topological polar surface area (TPSA) is 111 Å². The second-order valence-electron chi connectivity index (χ2n) is 8.69. The maximum absolute atomic E-state index is 14.2. The van der Waals surface area contributed by atoms with E-state index in [4.69, 9.17) is 25.8 Å². The SMILES string of the molecule is COc1cc(OC)c2c(c1Cl)OC1(C(=O)C3=C(CC1C)NC(=O)CC3c1ccc(O)cc1)C2=O. The Morgan fingerprint density at radius 3 is 2.38 bits per heavy atom. The Morgan fingerprint density at radius 1 is 1.06 bits per heavy atom. The summed E-state index contributed by atoms with van der Waals surface area (Å²) in [4.78, 5) is 40.5. The minimum absolute atomic E-state index is 0.0266. The maximum Gasteiger partial charge on any atom is 0.236 e. The summed E-state index contributed by atoms with van der Waals surface area (Å²) in [6.07, 6.45) is 0.275. The van der Waals surface area contributed by atoms with Gasteiger partial charge in [-0.1, -0.05) is 30.7 Å². The number of ether oxygens (including phenoxy) is 3. The molecule has 5 rings (SSSR count). The molecule has 34 heavy (non-hydrogen) atoms. The fraction of sp³-hybridized carbons (Fsp3) is 0.320. The number of ketones is 2. The standard InChI is InChI=1S/C25H22ClNO7/c1-11-8-15-19(14(9-18(29)27-15)12-4-6-13(28)7-5-12)23(30)25(11)24(31)20-16(32-2)10-17(33-3)21(26)22(20)34-25/h4-7,10-11,14,28H,8-9H2,1-3H3,(H,27,29). The Hall–Kier alpha value is -3.52. The van der Waals surface area contributed by atoms with Crippen LogP contribution >= 0.6 is 11.6 Å². The summed E-state index contributed by atoms with van der Waals surface area (Å²) >= 11 is 6.48. The minimum Gasteiger partial charge on any atom is -0.508 e. The number of halogens is 1. The Labute approximate surface area is 200 Å². The second kappa shape index (κ2) is 7.77. The molecule has 3 aliphatic rings. The van der Waals surface area contributed by atoms with E-state index in [1.165, 1.54) is 32.4 Å². The number of amides is 1. The highest BCUT2D eigenvalue weighted by Crippen LogP contribution is 2.55. The zero-order valence-corrected chi connectivity index (χ0v) is 19.5. The van der Waals surface area contributed by atoms with Crippen molar-refractivity contribution in [1.29, 1.82) is 0 Å². The molecule has 176 valence electrons. The molecule has 2 N–H and O–H groups in total. The quantitative estimate of drug-likeness (QED) is 0.642. The molecular formula is C25H22ClNO7. The zero-order chi connectivity index (χ0) is 24.4. The zero-order valence-electron chi connectivity index (χ0n) is 18.7. The molecule has 2 aromatic rings. The average Bonchev–Trinajstić information content (AvgIpc) is 3.13. The van der Waals surface area contributed by atoms with Gasteiger partial charge >= 0.3 is 0 Å².